The van der Waals surface area contributed by atoms with E-state index in [2.05, 4.69) is 12.1 Å². The summed E-state index contributed by atoms with van der Waals surface area (Å²) in [6.45, 7) is 0. The predicted octanol–water partition coefficient (Wildman–Crippen LogP) is 1.28. The second-order valence-corrected chi connectivity index (χ2v) is 1.00. The van der Waals surface area contributed by atoms with E-state index in [-0.39, 0.29) is 65.4 Å². The Balaban J connectivity index is 0. The molecule has 1 aromatic rings. The molecule has 0 nitrogen and oxygen atoms in total. The average Bonchev–Trinajstić information content (AvgIpc) is 1.72. The van der Waals surface area contributed by atoms with Crippen molar-refractivity contribution in [3.05, 3.63) is 36.4 Å². The van der Waals surface area contributed by atoms with Crippen LogP contribution in [0.15, 0.2) is 24.3 Å². The summed E-state index contributed by atoms with van der Waals surface area (Å²) >= 11 is 0. The largest absolute Gasteiger partial charge is 0.359 e. The third-order valence-corrected chi connectivity index (χ3v) is 0.552. The van der Waals surface area contributed by atoms with Crippen LogP contribution >= 0.6 is 0 Å². The molecule has 0 saturated carbocycles. The monoisotopic (exact) mass is 254 g/mol. The van der Waals surface area contributed by atoms with E-state index >= 15 is 0 Å². The van der Waals surface area contributed by atoms with Crippen LogP contribution in [0.3, 0.4) is 0 Å². The van der Waals surface area contributed by atoms with Crippen LogP contribution in [0.25, 0.3) is 0 Å². The van der Waals surface area contributed by atoms with Crippen molar-refractivity contribution < 1.29 is 65.4 Å². The van der Waals surface area contributed by atoms with Crippen LogP contribution < -0.4 is 0 Å². The van der Waals surface area contributed by atoms with E-state index < -0.39 is 0 Å². The summed E-state index contributed by atoms with van der Waals surface area (Å²) in [7, 11) is 0. The van der Waals surface area contributed by atoms with E-state index in [0.717, 1.165) is 0 Å². The van der Waals surface area contributed by atoms with Gasteiger partial charge in [0.2, 0.25) is 0 Å². The van der Waals surface area contributed by atoms with Crippen molar-refractivity contribution in [3.8, 4) is 0 Å². The van der Waals surface area contributed by atoms with Gasteiger partial charge < -0.3 is 18.2 Å². The van der Waals surface area contributed by atoms with Crippen molar-refractivity contribution in [2.24, 2.45) is 0 Å². The zero-order valence-corrected chi connectivity index (χ0v) is 10.1. The molecule has 0 unspecified atom stereocenters. The Morgan fingerprint density at radius 2 is 1.38 bits per heavy atom. The molecule has 0 aromatic heterocycles. The maximum atomic E-state index is 2.84. The van der Waals surface area contributed by atoms with Crippen molar-refractivity contribution >= 4 is 0 Å². The number of hydrogen-bond donors (Lipinski definition) is 0. The van der Waals surface area contributed by atoms with Crippen LogP contribution in [0.2, 0.25) is 0 Å². The molecule has 2 radical (unpaired) electrons. The summed E-state index contributed by atoms with van der Waals surface area (Å²) in [5.74, 6) is 0. The van der Waals surface area contributed by atoms with Gasteiger partial charge in [-0.15, -0.1) is 0 Å². The standard InChI is InChI=1S/C6H4.2Y/c1-2-4-6-5-3-1;;/h1-3,6H;;/q-2;;. The van der Waals surface area contributed by atoms with Crippen LogP contribution in [-0.2, 0) is 65.4 Å². The molecule has 0 bridgehead atoms. The Bertz CT molecular complexity index is 78.5. The second-order valence-electron chi connectivity index (χ2n) is 1.00. The van der Waals surface area contributed by atoms with Gasteiger partial charge in [0.15, 0.2) is 0 Å². The average molecular weight is 254 g/mol. The summed E-state index contributed by atoms with van der Waals surface area (Å²) < 4.78 is 0. The van der Waals surface area contributed by atoms with Gasteiger partial charge in [0.25, 0.3) is 0 Å². The summed E-state index contributed by atoms with van der Waals surface area (Å²) in [6, 6.07) is 13.0. The number of hydrogen-bond acceptors (Lipinski definition) is 0. The molecule has 0 amide bonds. The smallest absolute Gasteiger partial charge is 0 e. The van der Waals surface area contributed by atoms with Crippen LogP contribution in [0.1, 0.15) is 0 Å². The van der Waals surface area contributed by atoms with Gasteiger partial charge in [-0.1, -0.05) is 0 Å². The van der Waals surface area contributed by atoms with Gasteiger partial charge in [0, 0.05) is 65.4 Å². The first-order valence-corrected chi connectivity index (χ1v) is 1.82. The first kappa shape index (κ1) is 12.1. The molecule has 0 fully saturated rings. The Labute approximate surface area is 100 Å². The fourth-order valence-electron chi connectivity index (χ4n) is 0.304. The molecule has 0 aliphatic carbocycles. The van der Waals surface area contributed by atoms with Crippen molar-refractivity contribution in [1.29, 1.82) is 0 Å². The molecule has 2 heteroatoms. The van der Waals surface area contributed by atoms with Crippen molar-refractivity contribution in [2.75, 3.05) is 0 Å². The number of benzene rings is 1. The topological polar surface area (TPSA) is 0 Å². The maximum absolute atomic E-state index is 2.84. The molecule has 36 valence electrons. The van der Waals surface area contributed by atoms with Gasteiger partial charge in [-0.05, 0) is 0 Å². The molecular formula is C6H4Y2-2. The van der Waals surface area contributed by atoms with E-state index in [1.807, 2.05) is 18.2 Å². The third-order valence-electron chi connectivity index (χ3n) is 0.552. The van der Waals surface area contributed by atoms with E-state index in [1.54, 1.807) is 6.07 Å². The fraction of sp³-hybridized carbons (Fsp3) is 0. The van der Waals surface area contributed by atoms with Crippen LogP contribution in [0, 0.1) is 12.1 Å². The predicted molar refractivity (Wildman–Crippen MR) is 24.1 cm³/mol. The summed E-state index contributed by atoms with van der Waals surface area (Å²) in [4.78, 5) is 0. The van der Waals surface area contributed by atoms with Crippen LogP contribution in [-0.4, -0.2) is 0 Å². The van der Waals surface area contributed by atoms with E-state index in [4.69, 9.17) is 0 Å². The van der Waals surface area contributed by atoms with Crippen LogP contribution in [0.5, 0.6) is 0 Å². The van der Waals surface area contributed by atoms with Gasteiger partial charge in [-0.3, -0.25) is 18.2 Å². The maximum Gasteiger partial charge on any atom is 0 e. The quantitative estimate of drug-likeness (QED) is 0.612. The zero-order valence-electron chi connectivity index (χ0n) is 4.46. The molecule has 0 spiro atoms. The Kier molecular flexibility index (Phi) is 12.8. The van der Waals surface area contributed by atoms with Gasteiger partial charge >= 0.3 is 0 Å². The molecular weight excluding hydrogens is 250 g/mol. The van der Waals surface area contributed by atoms with Crippen molar-refractivity contribution in [2.45, 2.75) is 0 Å². The molecule has 0 aliphatic rings. The molecule has 0 N–H and O–H groups in total. The Morgan fingerprint density at radius 3 is 1.50 bits per heavy atom. The molecule has 0 heterocycles. The first-order valence-electron chi connectivity index (χ1n) is 1.82. The molecule has 8 heavy (non-hydrogen) atoms. The Hall–Kier alpha value is 1.43. The SMILES string of the molecule is [Y].[Y].[c-]1c[c-]ccc1. The van der Waals surface area contributed by atoms with Crippen molar-refractivity contribution in [1.82, 2.24) is 0 Å². The minimum absolute atomic E-state index is 0. The fourth-order valence-corrected chi connectivity index (χ4v) is 0.304. The van der Waals surface area contributed by atoms with Crippen LogP contribution in [0.4, 0.5) is 0 Å². The second kappa shape index (κ2) is 8.43. The van der Waals surface area contributed by atoms with Gasteiger partial charge in [0.1, 0.15) is 0 Å². The zero-order chi connectivity index (χ0) is 4.24. The molecule has 0 saturated heterocycles. The summed E-state index contributed by atoms with van der Waals surface area (Å²) in [5.41, 5.74) is 0. The van der Waals surface area contributed by atoms with E-state index in [9.17, 15) is 0 Å². The molecule has 0 aliphatic heterocycles. The normalized spacial score (nSPS) is 6.00. The van der Waals surface area contributed by atoms with Gasteiger partial charge in [0.05, 0.1) is 0 Å². The number of rotatable bonds is 0. The minimum atomic E-state index is 0. The van der Waals surface area contributed by atoms with Gasteiger partial charge in [-0.25, -0.2) is 0 Å². The summed E-state index contributed by atoms with van der Waals surface area (Å²) in [6.07, 6.45) is 0. The first-order chi connectivity index (χ1) is 3.00. The Morgan fingerprint density at radius 1 is 0.875 bits per heavy atom. The van der Waals surface area contributed by atoms with Gasteiger partial charge in [-0.2, -0.15) is 0 Å². The summed E-state index contributed by atoms with van der Waals surface area (Å²) in [5, 5.41) is 0. The molecule has 0 atom stereocenters. The molecule has 1 rings (SSSR count). The van der Waals surface area contributed by atoms with E-state index in [0.29, 0.717) is 0 Å². The van der Waals surface area contributed by atoms with Crippen molar-refractivity contribution in [3.63, 3.8) is 0 Å². The minimum Gasteiger partial charge on any atom is -0.359 e. The third kappa shape index (κ3) is 5.56. The molecule has 1 aromatic carbocycles. The van der Waals surface area contributed by atoms with E-state index in [1.165, 1.54) is 0 Å².